The minimum atomic E-state index is -4.12. The molecule has 0 aromatic rings. The largest absolute Gasteiger partial charge is 2.00 e. The summed E-state index contributed by atoms with van der Waals surface area (Å²) >= 11 is 0. The van der Waals surface area contributed by atoms with Gasteiger partial charge < -0.3 is 27.9 Å². The molecule has 8 nitrogen and oxygen atoms in total. The molecule has 0 spiro atoms. The van der Waals surface area contributed by atoms with Gasteiger partial charge in [0.2, 0.25) is 0 Å². The van der Waals surface area contributed by atoms with Crippen LogP contribution in [0.4, 0.5) is 0 Å². The van der Waals surface area contributed by atoms with Crippen LogP contribution in [0.15, 0.2) is 50.6 Å². The van der Waals surface area contributed by atoms with Gasteiger partial charge in [0, 0.05) is 0 Å². The van der Waals surface area contributed by atoms with E-state index in [9.17, 15) is 18.9 Å². The second kappa shape index (κ2) is 16.5. The van der Waals surface area contributed by atoms with E-state index in [1.807, 2.05) is 0 Å². The van der Waals surface area contributed by atoms with Crippen LogP contribution < -0.4 is 9.79 Å². The maximum absolute atomic E-state index is 10.6. The molecule has 0 heterocycles. The van der Waals surface area contributed by atoms with Crippen LogP contribution in [0.25, 0.3) is 0 Å². The molecule has 11 heteroatoms. The summed E-state index contributed by atoms with van der Waals surface area (Å²) in [6.07, 6.45) is 5.28. The van der Waals surface area contributed by atoms with E-state index in [-0.39, 0.29) is 42.9 Å². The summed E-state index contributed by atoms with van der Waals surface area (Å²) < 4.78 is 38.4. The smallest absolute Gasteiger partial charge is 0.756 e. The Kier molecular flexibility index (Phi) is 19.8. The average molecular weight is 413 g/mol. The van der Waals surface area contributed by atoms with Gasteiger partial charge in [0.1, 0.15) is 0 Å². The van der Waals surface area contributed by atoms with E-state index in [1.54, 1.807) is 0 Å². The number of phosphoric acid groups is 2. The van der Waals surface area contributed by atoms with Gasteiger partial charge in [-0.2, -0.15) is 0 Å². The van der Waals surface area contributed by atoms with Crippen LogP contribution in [0.5, 0.6) is 0 Å². The molecule has 0 bridgehead atoms. The van der Waals surface area contributed by atoms with Gasteiger partial charge in [-0.1, -0.05) is 24.3 Å². The molecule has 0 saturated heterocycles. The summed E-state index contributed by atoms with van der Waals surface area (Å²) in [7, 11) is -8.24. The standard InChI is InChI=1S/2C6H11O4P.Ni/c2*1-3-5-9-11(7,8)10-6-4-2;/h2*3-4H,1-2,5-6H2,(H,7,8);/q;;+2/p-2. The van der Waals surface area contributed by atoms with E-state index in [1.165, 1.54) is 24.3 Å². The summed E-state index contributed by atoms with van der Waals surface area (Å²) in [6.45, 7) is 12.8. The zero-order valence-corrected chi connectivity index (χ0v) is 15.2. The molecule has 0 fully saturated rings. The molecule has 0 aliphatic carbocycles. The fourth-order valence-electron chi connectivity index (χ4n) is 0.651. The molecule has 0 unspecified atom stereocenters. The molecule has 0 amide bonds. The minimum Gasteiger partial charge on any atom is -0.756 e. The minimum absolute atomic E-state index is 0. The van der Waals surface area contributed by atoms with Gasteiger partial charge in [0.25, 0.3) is 15.6 Å². The monoisotopic (exact) mass is 412 g/mol. The summed E-state index contributed by atoms with van der Waals surface area (Å²) in [4.78, 5) is 21.3. The summed E-state index contributed by atoms with van der Waals surface area (Å²) in [5.74, 6) is 0. The van der Waals surface area contributed by atoms with Crippen molar-refractivity contribution in [3.8, 4) is 0 Å². The number of rotatable bonds is 12. The fraction of sp³-hybridized carbons (Fsp3) is 0.333. The van der Waals surface area contributed by atoms with E-state index in [4.69, 9.17) is 0 Å². The van der Waals surface area contributed by atoms with Crippen LogP contribution >= 0.6 is 15.6 Å². The summed E-state index contributed by atoms with van der Waals surface area (Å²) in [5.41, 5.74) is 0. The third-order valence-electron chi connectivity index (χ3n) is 1.40. The van der Waals surface area contributed by atoms with Crippen LogP contribution in [-0.2, 0) is 43.7 Å². The first-order valence-electron chi connectivity index (χ1n) is 5.88. The van der Waals surface area contributed by atoms with Crippen LogP contribution in [0.1, 0.15) is 0 Å². The Labute approximate surface area is 146 Å². The van der Waals surface area contributed by atoms with E-state index >= 15 is 0 Å². The molecular formula is C12H20NiO8P2. The Morgan fingerprint density at radius 2 is 0.826 bits per heavy atom. The molecular weight excluding hydrogens is 393 g/mol. The molecule has 0 aromatic heterocycles. The fourth-order valence-corrected chi connectivity index (χ4v) is 1.95. The number of hydrogen-bond donors (Lipinski definition) is 0. The number of phosphoric ester groups is 2. The van der Waals surface area contributed by atoms with Crippen molar-refractivity contribution in [2.75, 3.05) is 26.4 Å². The Hall–Kier alpha value is -0.326. The summed E-state index contributed by atoms with van der Waals surface area (Å²) in [5, 5.41) is 0. The van der Waals surface area contributed by atoms with Gasteiger partial charge >= 0.3 is 16.5 Å². The first-order chi connectivity index (χ1) is 10.2. The van der Waals surface area contributed by atoms with Gasteiger partial charge in [0.05, 0.1) is 26.4 Å². The zero-order chi connectivity index (χ0) is 17.5. The SMILES string of the molecule is C=CCOP(=O)([O-])OCC=C.C=CCOP(=O)([O-])OCC=C.[Ni+2]. The first-order valence-corrected chi connectivity index (χ1v) is 8.80. The quantitative estimate of drug-likeness (QED) is 0.270. The van der Waals surface area contributed by atoms with Crippen molar-refractivity contribution in [1.82, 2.24) is 0 Å². The average Bonchev–Trinajstić information content (AvgIpc) is 2.48. The molecule has 0 saturated carbocycles. The molecule has 136 valence electrons. The van der Waals surface area contributed by atoms with Gasteiger partial charge in [-0.05, 0) is 0 Å². The Morgan fingerprint density at radius 3 is 0.957 bits per heavy atom. The predicted octanol–water partition coefficient (Wildman–Crippen LogP) is 1.72. The van der Waals surface area contributed by atoms with Crippen LogP contribution in [0.2, 0.25) is 0 Å². The normalized spacial score (nSPS) is 10.5. The van der Waals surface area contributed by atoms with Crippen molar-refractivity contribution in [2.24, 2.45) is 0 Å². The molecule has 23 heavy (non-hydrogen) atoms. The van der Waals surface area contributed by atoms with E-state index in [2.05, 4.69) is 44.4 Å². The van der Waals surface area contributed by atoms with Gasteiger partial charge in [-0.15, -0.1) is 26.3 Å². The van der Waals surface area contributed by atoms with E-state index in [0.717, 1.165) is 0 Å². The van der Waals surface area contributed by atoms with Gasteiger partial charge in [-0.25, -0.2) is 0 Å². The molecule has 0 aliphatic heterocycles. The van der Waals surface area contributed by atoms with Crippen molar-refractivity contribution in [3.63, 3.8) is 0 Å². The molecule has 0 rings (SSSR count). The molecule has 0 N–H and O–H groups in total. The second-order valence-corrected chi connectivity index (χ2v) is 6.05. The number of hydrogen-bond acceptors (Lipinski definition) is 8. The maximum atomic E-state index is 10.6. The van der Waals surface area contributed by atoms with Crippen molar-refractivity contribution in [3.05, 3.63) is 50.6 Å². The maximum Gasteiger partial charge on any atom is 2.00 e. The zero-order valence-electron chi connectivity index (χ0n) is 12.4. The third kappa shape index (κ3) is 21.7. The second-order valence-electron chi connectivity index (χ2n) is 3.23. The predicted molar refractivity (Wildman–Crippen MR) is 79.8 cm³/mol. The van der Waals surface area contributed by atoms with E-state index < -0.39 is 15.6 Å². The van der Waals surface area contributed by atoms with Crippen molar-refractivity contribution < 1.29 is 53.5 Å². The van der Waals surface area contributed by atoms with E-state index in [0.29, 0.717) is 0 Å². The van der Waals surface area contributed by atoms with Crippen LogP contribution in [0, 0.1) is 0 Å². The Balaban J connectivity index is -0.000000333. The Morgan fingerprint density at radius 1 is 0.652 bits per heavy atom. The van der Waals surface area contributed by atoms with Crippen LogP contribution in [-0.4, -0.2) is 26.4 Å². The van der Waals surface area contributed by atoms with Gasteiger partial charge in [-0.3, -0.25) is 9.13 Å². The molecule has 0 radical (unpaired) electrons. The Bertz CT molecular complexity index is 369. The molecule has 0 aliphatic rings. The summed E-state index contributed by atoms with van der Waals surface area (Å²) in [6, 6.07) is 0. The van der Waals surface area contributed by atoms with Gasteiger partial charge in [0.15, 0.2) is 0 Å². The van der Waals surface area contributed by atoms with Crippen molar-refractivity contribution in [2.45, 2.75) is 0 Å². The third-order valence-corrected chi connectivity index (χ3v) is 3.26. The van der Waals surface area contributed by atoms with Crippen LogP contribution in [0.3, 0.4) is 0 Å². The van der Waals surface area contributed by atoms with Crippen molar-refractivity contribution >= 4 is 15.6 Å². The first kappa shape index (κ1) is 27.5. The molecule has 0 atom stereocenters. The molecule has 0 aromatic carbocycles. The topological polar surface area (TPSA) is 117 Å². The van der Waals surface area contributed by atoms with Crippen molar-refractivity contribution in [1.29, 1.82) is 0 Å².